The molecule has 0 bridgehead atoms. The molecule has 0 unspecified atom stereocenters. The van der Waals surface area contributed by atoms with Crippen LogP contribution < -0.4 is 0 Å². The van der Waals surface area contributed by atoms with E-state index in [-0.39, 0.29) is 0 Å². The Labute approximate surface area is 119 Å². The maximum Gasteiger partial charge on any atom is 0.102 e. The van der Waals surface area contributed by atoms with Crippen LogP contribution in [0.25, 0.3) is 0 Å². The predicted molar refractivity (Wildman–Crippen MR) is 81.8 cm³/mol. The molecule has 1 fully saturated rings. The fourth-order valence-electron chi connectivity index (χ4n) is 1.93. The minimum Gasteiger partial charge on any atom is -0.379 e. The number of nitrogens with zero attached hydrogens (tertiary/aromatic N) is 3. The van der Waals surface area contributed by atoms with Gasteiger partial charge in [-0.1, -0.05) is 17.7 Å². The molecule has 1 aromatic carbocycles. The Morgan fingerprint density at radius 2 is 2.05 bits per heavy atom. The van der Waals surface area contributed by atoms with Crippen LogP contribution in [0.3, 0.4) is 0 Å². The zero-order valence-electron chi connectivity index (χ0n) is 11.8. The van der Waals surface area contributed by atoms with Crippen LogP contribution in [-0.2, 0) is 4.74 Å². The van der Waals surface area contributed by atoms with Gasteiger partial charge < -0.3 is 4.74 Å². The number of hydrogen-bond acceptors (Lipinski definition) is 4. The van der Waals surface area contributed by atoms with Gasteiger partial charge in [-0.3, -0.25) is 4.31 Å². The molecule has 4 nitrogen and oxygen atoms in total. The third kappa shape index (κ3) is 4.53. The average molecular weight is 279 g/mol. The Bertz CT molecular complexity index is 444. The summed E-state index contributed by atoms with van der Waals surface area (Å²) in [5.41, 5.74) is 3.51. The van der Waals surface area contributed by atoms with Crippen LogP contribution in [0.2, 0.25) is 0 Å². The van der Waals surface area contributed by atoms with Gasteiger partial charge >= 0.3 is 0 Å². The Morgan fingerprint density at radius 1 is 1.32 bits per heavy atom. The van der Waals surface area contributed by atoms with E-state index in [2.05, 4.69) is 41.3 Å². The number of hydrogen-bond donors (Lipinski definition) is 0. The van der Waals surface area contributed by atoms with Crippen molar-refractivity contribution in [1.29, 1.82) is 0 Å². The molecule has 0 atom stereocenters. The van der Waals surface area contributed by atoms with Crippen molar-refractivity contribution in [2.24, 2.45) is 4.99 Å². The van der Waals surface area contributed by atoms with Gasteiger partial charge in [0.05, 0.1) is 18.9 Å². The molecule has 5 heteroatoms. The van der Waals surface area contributed by atoms with Gasteiger partial charge in [0.25, 0.3) is 0 Å². The van der Waals surface area contributed by atoms with E-state index in [1.54, 1.807) is 12.1 Å². The van der Waals surface area contributed by atoms with Crippen molar-refractivity contribution < 1.29 is 4.74 Å². The van der Waals surface area contributed by atoms with Crippen LogP contribution in [0, 0.1) is 13.8 Å². The van der Waals surface area contributed by atoms with E-state index in [4.69, 9.17) is 4.74 Å². The molecule has 1 aromatic rings. The first-order valence-electron chi connectivity index (χ1n) is 6.50. The molecular formula is C14H21N3OS. The molecule has 0 spiro atoms. The van der Waals surface area contributed by atoms with Gasteiger partial charge in [0, 0.05) is 32.3 Å². The number of aliphatic imine (C=N–C) groups is 1. The molecule has 104 valence electrons. The van der Waals surface area contributed by atoms with Crippen molar-refractivity contribution in [3.63, 3.8) is 0 Å². The lowest BCUT2D eigenvalue weighted by molar-refractivity contribution is 0.0765. The number of benzene rings is 1. The van der Waals surface area contributed by atoms with Crippen LogP contribution in [0.1, 0.15) is 11.1 Å². The zero-order chi connectivity index (χ0) is 13.7. The smallest absolute Gasteiger partial charge is 0.102 e. The Morgan fingerprint density at radius 3 is 2.74 bits per heavy atom. The maximum atomic E-state index is 5.33. The van der Waals surface area contributed by atoms with Crippen LogP contribution in [-0.4, -0.2) is 48.3 Å². The fourth-order valence-corrected chi connectivity index (χ4v) is 2.69. The molecule has 0 amide bonds. The molecule has 0 radical (unpaired) electrons. The fraction of sp³-hybridized carbons (Fsp3) is 0.500. The van der Waals surface area contributed by atoms with E-state index >= 15 is 0 Å². The third-order valence-electron chi connectivity index (χ3n) is 2.93. The first kappa shape index (κ1) is 14.4. The van der Waals surface area contributed by atoms with E-state index in [0.29, 0.717) is 0 Å². The highest BCUT2D eigenvalue weighted by molar-refractivity contribution is 7.95. The van der Waals surface area contributed by atoms with E-state index in [0.717, 1.165) is 32.0 Å². The maximum absolute atomic E-state index is 5.33. The summed E-state index contributed by atoms with van der Waals surface area (Å²) in [6.07, 6.45) is 1.87. The summed E-state index contributed by atoms with van der Waals surface area (Å²) in [7, 11) is 2.02. The predicted octanol–water partition coefficient (Wildman–Crippen LogP) is 2.79. The highest BCUT2D eigenvalue weighted by atomic mass is 32.2. The Kier molecular flexibility index (Phi) is 5.24. The third-order valence-corrected chi connectivity index (χ3v) is 3.87. The second kappa shape index (κ2) is 6.93. The lowest BCUT2D eigenvalue weighted by atomic mass is 10.1. The van der Waals surface area contributed by atoms with Gasteiger partial charge in [-0.15, -0.1) is 0 Å². The molecule has 1 saturated heterocycles. The van der Waals surface area contributed by atoms with Crippen LogP contribution in [0.4, 0.5) is 5.69 Å². The van der Waals surface area contributed by atoms with E-state index in [1.807, 2.05) is 17.7 Å². The second-order valence-corrected chi connectivity index (χ2v) is 5.96. The summed E-state index contributed by atoms with van der Waals surface area (Å²) in [6.45, 7) is 7.75. The highest BCUT2D eigenvalue weighted by Crippen LogP contribution is 2.20. The monoisotopic (exact) mass is 279 g/mol. The van der Waals surface area contributed by atoms with E-state index < -0.39 is 0 Å². The highest BCUT2D eigenvalue weighted by Gasteiger charge is 2.12. The molecule has 0 N–H and O–H groups in total. The summed E-state index contributed by atoms with van der Waals surface area (Å²) >= 11 is 1.69. The molecule has 2 rings (SSSR count). The van der Waals surface area contributed by atoms with Crippen molar-refractivity contribution in [2.75, 3.05) is 33.4 Å². The van der Waals surface area contributed by atoms with Gasteiger partial charge in [0.2, 0.25) is 0 Å². The number of rotatable bonds is 4. The van der Waals surface area contributed by atoms with Gasteiger partial charge in [-0.2, -0.15) is 0 Å². The first-order valence-corrected chi connectivity index (χ1v) is 7.23. The summed E-state index contributed by atoms with van der Waals surface area (Å²) in [5.74, 6) is 0. The summed E-state index contributed by atoms with van der Waals surface area (Å²) in [6, 6.07) is 6.31. The molecule has 19 heavy (non-hydrogen) atoms. The summed E-state index contributed by atoms with van der Waals surface area (Å²) < 4.78 is 9.65. The molecular weight excluding hydrogens is 258 g/mol. The van der Waals surface area contributed by atoms with Gasteiger partial charge in [-0.25, -0.2) is 9.30 Å². The van der Waals surface area contributed by atoms with E-state index in [9.17, 15) is 0 Å². The minimum atomic E-state index is 0.815. The summed E-state index contributed by atoms with van der Waals surface area (Å²) in [4.78, 5) is 4.53. The Balaban J connectivity index is 1.89. The number of morpholine rings is 1. The van der Waals surface area contributed by atoms with Crippen LogP contribution in [0.15, 0.2) is 23.2 Å². The van der Waals surface area contributed by atoms with E-state index in [1.165, 1.54) is 11.1 Å². The second-order valence-electron chi connectivity index (χ2n) is 4.70. The molecule has 0 aliphatic carbocycles. The first-order chi connectivity index (χ1) is 9.15. The van der Waals surface area contributed by atoms with Crippen molar-refractivity contribution >= 4 is 24.2 Å². The molecule has 1 heterocycles. The van der Waals surface area contributed by atoms with Gasteiger partial charge in [0.1, 0.15) is 6.34 Å². The van der Waals surface area contributed by atoms with Gasteiger partial charge in [0.15, 0.2) is 0 Å². The molecule has 1 aliphatic rings. The lowest BCUT2D eigenvalue weighted by Crippen LogP contribution is -2.33. The minimum absolute atomic E-state index is 0.815. The standard InChI is InChI=1S/C14H21N3OS/c1-12-4-5-14(13(2)10-12)15-11-16(3)19-17-6-8-18-9-7-17/h4-5,10-11H,6-9H2,1-3H3. The largest absolute Gasteiger partial charge is 0.379 e. The molecule has 0 aromatic heterocycles. The zero-order valence-corrected chi connectivity index (χ0v) is 12.6. The lowest BCUT2D eigenvalue weighted by Gasteiger charge is -2.27. The normalized spacial score (nSPS) is 17.0. The van der Waals surface area contributed by atoms with Crippen LogP contribution >= 0.6 is 12.1 Å². The Hall–Kier alpha value is -1.04. The summed E-state index contributed by atoms with van der Waals surface area (Å²) in [5, 5.41) is 0. The SMILES string of the molecule is Cc1ccc(N=CN(C)SN2CCOCC2)c(C)c1. The topological polar surface area (TPSA) is 28.1 Å². The van der Waals surface area contributed by atoms with Crippen molar-refractivity contribution in [3.8, 4) is 0 Å². The molecule has 1 aliphatic heterocycles. The van der Waals surface area contributed by atoms with Crippen molar-refractivity contribution in [1.82, 2.24) is 8.61 Å². The number of ether oxygens (including phenoxy) is 1. The quantitative estimate of drug-likeness (QED) is 0.481. The van der Waals surface area contributed by atoms with Crippen LogP contribution in [0.5, 0.6) is 0 Å². The van der Waals surface area contributed by atoms with Gasteiger partial charge in [-0.05, 0) is 25.5 Å². The number of aryl methyl sites for hydroxylation is 2. The van der Waals surface area contributed by atoms with Crippen molar-refractivity contribution in [3.05, 3.63) is 29.3 Å². The van der Waals surface area contributed by atoms with Crippen molar-refractivity contribution in [2.45, 2.75) is 13.8 Å². The average Bonchev–Trinajstić information content (AvgIpc) is 2.39. The molecule has 0 saturated carbocycles.